The van der Waals surface area contributed by atoms with Gasteiger partial charge in [0.15, 0.2) is 5.69 Å². The SMILES string of the molecule is COCCNC(=O)c1nc(C(=O)Nc2ccccc2C(=O)OC)c2ccccn12. The summed E-state index contributed by atoms with van der Waals surface area (Å²) >= 11 is 0. The molecule has 2 aromatic heterocycles. The molecule has 0 aliphatic rings. The predicted molar refractivity (Wildman–Crippen MR) is 105 cm³/mol. The Hall–Kier alpha value is -3.72. The van der Waals surface area contributed by atoms with Gasteiger partial charge in [0, 0.05) is 19.9 Å². The highest BCUT2D eigenvalue weighted by Gasteiger charge is 2.22. The van der Waals surface area contributed by atoms with Crippen LogP contribution < -0.4 is 10.6 Å². The Bertz CT molecular complexity index is 1060. The fraction of sp³-hybridized carbons (Fsp3) is 0.200. The van der Waals surface area contributed by atoms with E-state index in [2.05, 4.69) is 15.6 Å². The molecule has 9 heteroatoms. The van der Waals surface area contributed by atoms with Crippen LogP contribution in [0.3, 0.4) is 0 Å². The van der Waals surface area contributed by atoms with E-state index in [0.717, 1.165) is 0 Å². The van der Waals surface area contributed by atoms with Gasteiger partial charge in [-0.25, -0.2) is 9.78 Å². The minimum atomic E-state index is -0.575. The lowest BCUT2D eigenvalue weighted by Gasteiger charge is -2.08. The van der Waals surface area contributed by atoms with E-state index in [1.165, 1.54) is 18.6 Å². The van der Waals surface area contributed by atoms with E-state index < -0.39 is 17.8 Å². The van der Waals surface area contributed by atoms with Gasteiger partial charge in [0.05, 0.1) is 30.5 Å². The number of hydrogen-bond acceptors (Lipinski definition) is 6. The third kappa shape index (κ3) is 4.25. The third-order valence-corrected chi connectivity index (χ3v) is 4.14. The number of nitrogens with one attached hydrogen (secondary N) is 2. The highest BCUT2D eigenvalue weighted by atomic mass is 16.5. The van der Waals surface area contributed by atoms with Gasteiger partial charge in [-0.15, -0.1) is 0 Å². The number of hydrogen-bond donors (Lipinski definition) is 2. The van der Waals surface area contributed by atoms with Crippen LogP contribution in [0.2, 0.25) is 0 Å². The van der Waals surface area contributed by atoms with E-state index in [1.54, 1.807) is 48.7 Å². The van der Waals surface area contributed by atoms with Crippen molar-refractivity contribution in [2.24, 2.45) is 0 Å². The van der Waals surface area contributed by atoms with E-state index in [4.69, 9.17) is 9.47 Å². The number of carbonyl (C=O) groups is 3. The molecule has 0 aliphatic heterocycles. The topological polar surface area (TPSA) is 111 Å². The summed E-state index contributed by atoms with van der Waals surface area (Å²) in [6.07, 6.45) is 1.65. The quantitative estimate of drug-likeness (QED) is 0.465. The first-order chi connectivity index (χ1) is 14.1. The number of methoxy groups -OCH3 is 2. The van der Waals surface area contributed by atoms with Crippen molar-refractivity contribution in [2.75, 3.05) is 32.7 Å². The van der Waals surface area contributed by atoms with Crippen molar-refractivity contribution in [1.29, 1.82) is 0 Å². The van der Waals surface area contributed by atoms with Crippen LogP contribution in [0.1, 0.15) is 31.5 Å². The molecule has 0 spiro atoms. The maximum Gasteiger partial charge on any atom is 0.339 e. The second kappa shape index (κ2) is 8.98. The summed E-state index contributed by atoms with van der Waals surface area (Å²) < 4.78 is 11.2. The van der Waals surface area contributed by atoms with Crippen LogP contribution in [-0.4, -0.2) is 54.5 Å². The predicted octanol–water partition coefficient (Wildman–Crippen LogP) is 1.75. The molecule has 29 heavy (non-hydrogen) atoms. The zero-order chi connectivity index (χ0) is 20.8. The van der Waals surface area contributed by atoms with Gasteiger partial charge < -0.3 is 20.1 Å². The van der Waals surface area contributed by atoms with Crippen molar-refractivity contribution in [3.8, 4) is 0 Å². The number of amides is 2. The highest BCUT2D eigenvalue weighted by Crippen LogP contribution is 2.19. The monoisotopic (exact) mass is 396 g/mol. The van der Waals surface area contributed by atoms with Gasteiger partial charge >= 0.3 is 5.97 Å². The van der Waals surface area contributed by atoms with Crippen LogP contribution in [0.25, 0.3) is 5.52 Å². The number of pyridine rings is 1. The Balaban J connectivity index is 1.93. The summed E-state index contributed by atoms with van der Waals surface area (Å²) in [5, 5.41) is 5.36. The number of carbonyl (C=O) groups excluding carboxylic acids is 3. The van der Waals surface area contributed by atoms with Gasteiger partial charge in [-0.05, 0) is 24.3 Å². The van der Waals surface area contributed by atoms with Crippen LogP contribution in [0.5, 0.6) is 0 Å². The molecule has 3 rings (SSSR count). The molecule has 150 valence electrons. The minimum Gasteiger partial charge on any atom is -0.465 e. The first-order valence-electron chi connectivity index (χ1n) is 8.79. The number of fused-ring (bicyclic) bond motifs is 1. The van der Waals surface area contributed by atoms with Crippen molar-refractivity contribution in [1.82, 2.24) is 14.7 Å². The van der Waals surface area contributed by atoms with Crippen molar-refractivity contribution in [3.63, 3.8) is 0 Å². The van der Waals surface area contributed by atoms with Crippen LogP contribution in [0.15, 0.2) is 48.7 Å². The van der Waals surface area contributed by atoms with Crippen molar-refractivity contribution >= 4 is 29.0 Å². The van der Waals surface area contributed by atoms with Crippen LogP contribution >= 0.6 is 0 Å². The Morgan fingerprint density at radius 2 is 1.79 bits per heavy atom. The molecule has 2 heterocycles. The molecule has 0 saturated carbocycles. The van der Waals surface area contributed by atoms with E-state index in [1.807, 2.05) is 0 Å². The Kier molecular flexibility index (Phi) is 6.20. The highest BCUT2D eigenvalue weighted by molar-refractivity contribution is 6.11. The molecule has 0 saturated heterocycles. The van der Waals surface area contributed by atoms with E-state index in [9.17, 15) is 14.4 Å². The number of esters is 1. The fourth-order valence-corrected chi connectivity index (χ4v) is 2.77. The molecule has 0 aliphatic carbocycles. The van der Waals surface area contributed by atoms with Crippen LogP contribution in [-0.2, 0) is 9.47 Å². The second-order valence-electron chi connectivity index (χ2n) is 5.98. The number of ether oxygens (including phenoxy) is 2. The standard InChI is InChI=1S/C20H20N4O5/c1-28-12-10-21-19(26)17-23-16(15-9-5-6-11-24(15)17)18(25)22-14-8-4-3-7-13(14)20(27)29-2/h3-9,11H,10,12H2,1-2H3,(H,21,26)(H,22,25). The smallest absolute Gasteiger partial charge is 0.339 e. The molecule has 2 N–H and O–H groups in total. The normalized spacial score (nSPS) is 10.6. The minimum absolute atomic E-state index is 0.0576. The van der Waals surface area contributed by atoms with Crippen LogP contribution in [0.4, 0.5) is 5.69 Å². The molecule has 2 amide bonds. The van der Waals surface area contributed by atoms with Gasteiger partial charge in [-0.3, -0.25) is 14.0 Å². The number of rotatable bonds is 7. The Morgan fingerprint density at radius 1 is 1.03 bits per heavy atom. The molecule has 0 atom stereocenters. The fourth-order valence-electron chi connectivity index (χ4n) is 2.77. The molecule has 0 radical (unpaired) electrons. The lowest BCUT2D eigenvalue weighted by atomic mass is 10.1. The first-order valence-corrected chi connectivity index (χ1v) is 8.79. The number of anilines is 1. The Labute approximate surface area is 166 Å². The summed E-state index contributed by atoms with van der Waals surface area (Å²) in [4.78, 5) is 41.5. The molecule has 0 fully saturated rings. The molecule has 3 aromatic rings. The number of imidazole rings is 1. The first kappa shape index (κ1) is 20.0. The molecule has 0 bridgehead atoms. The number of para-hydroxylation sites is 1. The van der Waals surface area contributed by atoms with Crippen molar-refractivity contribution in [3.05, 3.63) is 65.7 Å². The molecular formula is C20H20N4O5. The maximum absolute atomic E-state index is 12.9. The molecule has 1 aromatic carbocycles. The summed E-state index contributed by atoms with van der Waals surface area (Å²) in [6.45, 7) is 0.665. The zero-order valence-electron chi connectivity index (χ0n) is 16.0. The zero-order valence-corrected chi connectivity index (χ0v) is 16.0. The lowest BCUT2D eigenvalue weighted by molar-refractivity contribution is 0.0601. The van der Waals surface area contributed by atoms with Crippen LogP contribution in [0, 0.1) is 0 Å². The van der Waals surface area contributed by atoms with Crippen molar-refractivity contribution < 1.29 is 23.9 Å². The number of nitrogens with zero attached hydrogens (tertiary/aromatic N) is 2. The summed E-state index contributed by atoms with van der Waals surface area (Å²) in [6, 6.07) is 11.6. The molecular weight excluding hydrogens is 376 g/mol. The molecule has 9 nitrogen and oxygen atoms in total. The average Bonchev–Trinajstić information content (AvgIpc) is 3.13. The van der Waals surface area contributed by atoms with E-state index in [-0.39, 0.29) is 22.8 Å². The summed E-state index contributed by atoms with van der Waals surface area (Å²) in [5.74, 6) is -1.49. The largest absolute Gasteiger partial charge is 0.465 e. The van der Waals surface area contributed by atoms with E-state index in [0.29, 0.717) is 18.7 Å². The average molecular weight is 396 g/mol. The maximum atomic E-state index is 12.9. The third-order valence-electron chi connectivity index (χ3n) is 4.14. The van der Waals surface area contributed by atoms with Gasteiger partial charge in [0.2, 0.25) is 5.82 Å². The van der Waals surface area contributed by atoms with E-state index >= 15 is 0 Å². The second-order valence-corrected chi connectivity index (χ2v) is 5.98. The van der Waals surface area contributed by atoms with Gasteiger partial charge in [0.1, 0.15) is 0 Å². The summed E-state index contributed by atoms with van der Waals surface area (Å²) in [7, 11) is 2.80. The number of aromatic nitrogens is 2. The Morgan fingerprint density at radius 3 is 2.55 bits per heavy atom. The van der Waals surface area contributed by atoms with Gasteiger partial charge in [0.25, 0.3) is 11.8 Å². The molecule has 0 unspecified atom stereocenters. The number of benzene rings is 1. The summed E-state index contributed by atoms with van der Waals surface area (Å²) in [5.41, 5.74) is 1.01. The van der Waals surface area contributed by atoms with Gasteiger partial charge in [-0.2, -0.15) is 0 Å². The van der Waals surface area contributed by atoms with Crippen molar-refractivity contribution in [2.45, 2.75) is 0 Å². The lowest BCUT2D eigenvalue weighted by Crippen LogP contribution is -2.28. The van der Waals surface area contributed by atoms with Gasteiger partial charge in [-0.1, -0.05) is 18.2 Å².